The quantitative estimate of drug-likeness (QED) is 0.836. The van der Waals surface area contributed by atoms with Gasteiger partial charge >= 0.3 is 5.97 Å². The topological polar surface area (TPSA) is 88.3 Å². The van der Waals surface area contributed by atoms with Crippen LogP contribution in [-0.2, 0) is 6.42 Å². The minimum atomic E-state index is -0.911. The highest BCUT2D eigenvalue weighted by Gasteiger charge is 2.07. The van der Waals surface area contributed by atoms with Crippen molar-refractivity contribution in [1.29, 1.82) is 0 Å². The summed E-state index contributed by atoms with van der Waals surface area (Å²) < 4.78 is 4.62. The van der Waals surface area contributed by atoms with E-state index in [1.54, 1.807) is 25.1 Å². The first-order valence-corrected chi connectivity index (χ1v) is 5.50. The number of carbonyl (C=O) groups is 1. The highest BCUT2D eigenvalue weighted by Crippen LogP contribution is 2.15. The third kappa shape index (κ3) is 2.85. The summed E-state index contributed by atoms with van der Waals surface area (Å²) in [5.74, 6) is -0.271. The van der Waals surface area contributed by atoms with Gasteiger partial charge in [0.05, 0.1) is 5.56 Å². The molecule has 0 saturated carbocycles. The number of aryl methyl sites for hydroxylation is 1. The fourth-order valence-electron chi connectivity index (χ4n) is 1.63. The number of benzene rings is 1. The fourth-order valence-corrected chi connectivity index (χ4v) is 1.63. The lowest BCUT2D eigenvalue weighted by Gasteiger charge is -2.07. The standard InChI is InChI=1S/C12H13N3O3/c1-8-6-9(2-3-10(8)12(16)17)13-5-4-11-14-7-18-15-11/h2-3,6-7,13H,4-5H2,1H3,(H,16,17). The van der Waals surface area contributed by atoms with E-state index in [4.69, 9.17) is 5.11 Å². The molecule has 6 nitrogen and oxygen atoms in total. The van der Waals surface area contributed by atoms with Crippen molar-refractivity contribution in [2.45, 2.75) is 13.3 Å². The third-order valence-electron chi connectivity index (χ3n) is 2.54. The van der Waals surface area contributed by atoms with Gasteiger partial charge in [-0.05, 0) is 30.7 Å². The summed E-state index contributed by atoms with van der Waals surface area (Å²) in [5, 5.41) is 15.8. The number of hydrogen-bond acceptors (Lipinski definition) is 5. The van der Waals surface area contributed by atoms with Crippen LogP contribution < -0.4 is 5.32 Å². The van der Waals surface area contributed by atoms with Gasteiger partial charge in [-0.2, -0.15) is 4.98 Å². The molecule has 0 aliphatic carbocycles. The van der Waals surface area contributed by atoms with Gasteiger partial charge in [-0.25, -0.2) is 4.79 Å². The van der Waals surface area contributed by atoms with Crippen molar-refractivity contribution in [3.05, 3.63) is 41.5 Å². The van der Waals surface area contributed by atoms with Gasteiger partial charge in [0.25, 0.3) is 0 Å². The van der Waals surface area contributed by atoms with Crippen molar-refractivity contribution in [2.24, 2.45) is 0 Å². The highest BCUT2D eigenvalue weighted by atomic mass is 16.5. The molecule has 0 unspecified atom stereocenters. The van der Waals surface area contributed by atoms with Gasteiger partial charge < -0.3 is 14.9 Å². The Labute approximate surface area is 104 Å². The number of aromatic carboxylic acids is 1. The molecule has 1 aromatic heterocycles. The van der Waals surface area contributed by atoms with Gasteiger partial charge in [0.2, 0.25) is 6.39 Å². The van der Waals surface area contributed by atoms with Crippen LogP contribution in [-0.4, -0.2) is 27.8 Å². The lowest BCUT2D eigenvalue weighted by molar-refractivity contribution is 0.0696. The molecule has 0 amide bonds. The van der Waals surface area contributed by atoms with E-state index in [0.717, 1.165) is 11.3 Å². The average molecular weight is 247 g/mol. The Kier molecular flexibility index (Phi) is 3.57. The van der Waals surface area contributed by atoms with E-state index in [-0.39, 0.29) is 0 Å². The lowest BCUT2D eigenvalue weighted by atomic mass is 10.1. The summed E-state index contributed by atoms with van der Waals surface area (Å²) >= 11 is 0. The SMILES string of the molecule is Cc1cc(NCCc2ncon2)ccc1C(=O)O. The van der Waals surface area contributed by atoms with E-state index in [2.05, 4.69) is 20.0 Å². The number of nitrogens with one attached hydrogen (secondary N) is 1. The molecule has 94 valence electrons. The molecule has 18 heavy (non-hydrogen) atoms. The molecule has 0 radical (unpaired) electrons. The molecule has 2 rings (SSSR count). The first-order chi connectivity index (χ1) is 8.66. The van der Waals surface area contributed by atoms with Gasteiger partial charge in [0, 0.05) is 18.7 Å². The van der Waals surface area contributed by atoms with E-state index >= 15 is 0 Å². The van der Waals surface area contributed by atoms with Crippen molar-refractivity contribution in [3.8, 4) is 0 Å². The van der Waals surface area contributed by atoms with Crippen molar-refractivity contribution in [1.82, 2.24) is 10.1 Å². The number of aromatic nitrogens is 2. The van der Waals surface area contributed by atoms with Gasteiger partial charge in [-0.15, -0.1) is 0 Å². The molecule has 0 aliphatic heterocycles. The minimum Gasteiger partial charge on any atom is -0.478 e. The Morgan fingerprint density at radius 1 is 1.50 bits per heavy atom. The van der Waals surface area contributed by atoms with Crippen LogP contribution in [0.1, 0.15) is 21.7 Å². The molecule has 0 aliphatic rings. The Morgan fingerprint density at radius 2 is 2.33 bits per heavy atom. The zero-order valence-electron chi connectivity index (χ0n) is 9.88. The maximum Gasteiger partial charge on any atom is 0.335 e. The van der Waals surface area contributed by atoms with Crippen molar-refractivity contribution in [2.75, 3.05) is 11.9 Å². The molecule has 6 heteroatoms. The summed E-state index contributed by atoms with van der Waals surface area (Å²) in [6.07, 6.45) is 1.94. The van der Waals surface area contributed by atoms with Crippen LogP contribution in [0.4, 0.5) is 5.69 Å². The molecule has 1 heterocycles. The predicted octanol–water partition coefficient (Wildman–Crippen LogP) is 1.73. The smallest absolute Gasteiger partial charge is 0.335 e. The van der Waals surface area contributed by atoms with E-state index in [1.165, 1.54) is 6.39 Å². The summed E-state index contributed by atoms with van der Waals surface area (Å²) in [5.41, 5.74) is 1.92. The second-order valence-electron chi connectivity index (χ2n) is 3.86. The number of carboxylic acid groups (broad SMARTS) is 1. The molecule has 0 fully saturated rings. The van der Waals surface area contributed by atoms with Gasteiger partial charge in [0.15, 0.2) is 5.82 Å². The largest absolute Gasteiger partial charge is 0.478 e. The number of hydrogen-bond donors (Lipinski definition) is 2. The molecule has 2 aromatic rings. The van der Waals surface area contributed by atoms with E-state index in [1.807, 2.05) is 0 Å². The van der Waals surface area contributed by atoms with Crippen molar-refractivity contribution < 1.29 is 14.4 Å². The van der Waals surface area contributed by atoms with Crippen LogP contribution in [0.3, 0.4) is 0 Å². The van der Waals surface area contributed by atoms with Crippen LogP contribution in [0, 0.1) is 6.92 Å². The maximum absolute atomic E-state index is 10.9. The van der Waals surface area contributed by atoms with Crippen molar-refractivity contribution in [3.63, 3.8) is 0 Å². The highest BCUT2D eigenvalue weighted by molar-refractivity contribution is 5.89. The second kappa shape index (κ2) is 5.31. The second-order valence-corrected chi connectivity index (χ2v) is 3.86. The monoisotopic (exact) mass is 247 g/mol. The first kappa shape index (κ1) is 12.1. The molecule has 2 N–H and O–H groups in total. The fraction of sp³-hybridized carbons (Fsp3) is 0.250. The number of nitrogens with zero attached hydrogens (tertiary/aromatic N) is 2. The Bertz CT molecular complexity index is 538. The summed E-state index contributed by atoms with van der Waals surface area (Å²) in [6, 6.07) is 5.14. The maximum atomic E-state index is 10.9. The molecule has 0 saturated heterocycles. The Balaban J connectivity index is 1.94. The number of rotatable bonds is 5. The van der Waals surface area contributed by atoms with Crippen LogP contribution in [0.2, 0.25) is 0 Å². The van der Waals surface area contributed by atoms with Crippen molar-refractivity contribution >= 4 is 11.7 Å². The molecule has 1 aromatic carbocycles. The third-order valence-corrected chi connectivity index (χ3v) is 2.54. The van der Waals surface area contributed by atoms with E-state index in [9.17, 15) is 4.79 Å². The van der Waals surface area contributed by atoms with E-state index < -0.39 is 5.97 Å². The van der Waals surface area contributed by atoms with Crippen LogP contribution in [0.25, 0.3) is 0 Å². The summed E-state index contributed by atoms with van der Waals surface area (Å²) in [4.78, 5) is 14.8. The zero-order valence-corrected chi connectivity index (χ0v) is 9.88. The minimum absolute atomic E-state index is 0.318. The summed E-state index contributed by atoms with van der Waals surface area (Å²) in [6.45, 7) is 2.43. The number of carboxylic acids is 1. The molecular formula is C12H13N3O3. The number of anilines is 1. The normalized spacial score (nSPS) is 10.3. The molecule has 0 atom stereocenters. The predicted molar refractivity (Wildman–Crippen MR) is 64.6 cm³/mol. The summed E-state index contributed by atoms with van der Waals surface area (Å²) in [7, 11) is 0. The molecule has 0 bridgehead atoms. The first-order valence-electron chi connectivity index (χ1n) is 5.50. The Hall–Kier alpha value is -2.37. The molecular weight excluding hydrogens is 234 g/mol. The van der Waals surface area contributed by atoms with Gasteiger partial charge in [-0.1, -0.05) is 5.16 Å². The van der Waals surface area contributed by atoms with Crippen LogP contribution in [0.5, 0.6) is 0 Å². The average Bonchev–Trinajstić information content (AvgIpc) is 2.81. The van der Waals surface area contributed by atoms with Crippen LogP contribution >= 0.6 is 0 Å². The van der Waals surface area contributed by atoms with Gasteiger partial charge in [0.1, 0.15) is 0 Å². The lowest BCUT2D eigenvalue weighted by Crippen LogP contribution is -2.07. The van der Waals surface area contributed by atoms with E-state index in [0.29, 0.717) is 24.4 Å². The van der Waals surface area contributed by atoms with Gasteiger partial charge in [-0.3, -0.25) is 0 Å². The Morgan fingerprint density at radius 3 is 2.94 bits per heavy atom. The van der Waals surface area contributed by atoms with Crippen LogP contribution in [0.15, 0.2) is 29.1 Å². The zero-order chi connectivity index (χ0) is 13.0. The molecule has 0 spiro atoms.